The van der Waals surface area contributed by atoms with Crippen LogP contribution in [0.15, 0.2) is 29.2 Å². The second-order valence-electron chi connectivity index (χ2n) is 4.59. The predicted molar refractivity (Wildman–Crippen MR) is 80.9 cm³/mol. The average molecular weight is 310 g/mol. The lowest BCUT2D eigenvalue weighted by Gasteiger charge is -2.19. The lowest BCUT2D eigenvalue weighted by atomic mass is 10.3. The van der Waals surface area contributed by atoms with Crippen molar-refractivity contribution in [1.29, 1.82) is 0 Å². The number of benzene rings is 1. The maximum absolute atomic E-state index is 12.7. The molecule has 0 atom stereocenters. The summed E-state index contributed by atoms with van der Waals surface area (Å²) in [5, 5.41) is 3.95. The fraction of sp³-hybridized carbons (Fsp3) is 0.308. The van der Waals surface area contributed by atoms with Crippen LogP contribution in [0.3, 0.4) is 0 Å². The molecule has 114 valence electrons. The Morgan fingerprint density at radius 2 is 1.86 bits per heavy atom. The van der Waals surface area contributed by atoms with Crippen LogP contribution in [0.25, 0.3) is 0 Å². The van der Waals surface area contributed by atoms with Crippen LogP contribution in [0.4, 0.5) is 11.5 Å². The van der Waals surface area contributed by atoms with E-state index in [-0.39, 0.29) is 10.7 Å². The first-order valence-corrected chi connectivity index (χ1v) is 7.65. The van der Waals surface area contributed by atoms with Crippen molar-refractivity contribution >= 4 is 21.5 Å². The summed E-state index contributed by atoms with van der Waals surface area (Å²) in [5.41, 5.74) is 6.74. The van der Waals surface area contributed by atoms with E-state index in [4.69, 9.17) is 10.5 Å². The molecular formula is C13H18N4O3S. The van der Waals surface area contributed by atoms with E-state index in [2.05, 4.69) is 5.10 Å². The molecule has 0 aliphatic rings. The van der Waals surface area contributed by atoms with Crippen LogP contribution in [0.1, 0.15) is 5.69 Å². The van der Waals surface area contributed by atoms with Crippen LogP contribution >= 0.6 is 0 Å². The number of nitrogens with zero attached hydrogens (tertiary/aromatic N) is 3. The Kier molecular flexibility index (Phi) is 3.82. The van der Waals surface area contributed by atoms with Crippen LogP contribution in [-0.4, -0.2) is 32.4 Å². The highest BCUT2D eigenvalue weighted by Gasteiger charge is 2.29. The van der Waals surface area contributed by atoms with Crippen molar-refractivity contribution in [3.63, 3.8) is 0 Å². The Bertz CT molecular complexity index is 750. The second kappa shape index (κ2) is 5.28. The third-order valence-electron chi connectivity index (χ3n) is 3.36. The molecule has 0 spiro atoms. The molecule has 0 bridgehead atoms. The summed E-state index contributed by atoms with van der Waals surface area (Å²) in [4.78, 5) is 0.0309. The molecule has 0 amide bonds. The summed E-state index contributed by atoms with van der Waals surface area (Å²) in [6.45, 7) is 1.66. The molecule has 2 N–H and O–H groups in total. The SMILES string of the molecule is COc1ccc(N(C)S(=O)(=O)c2c(N)nn(C)c2C)cc1. The van der Waals surface area contributed by atoms with E-state index in [1.165, 1.54) is 16.0 Å². The molecule has 7 nitrogen and oxygen atoms in total. The predicted octanol–water partition coefficient (Wildman–Crippen LogP) is 1.14. The number of hydrogen-bond donors (Lipinski definition) is 1. The van der Waals surface area contributed by atoms with Crippen LogP contribution in [-0.2, 0) is 17.1 Å². The number of sulfonamides is 1. The number of rotatable bonds is 4. The van der Waals surface area contributed by atoms with Crippen molar-refractivity contribution in [2.24, 2.45) is 7.05 Å². The standard InChI is InChI=1S/C13H18N4O3S/c1-9-12(13(14)15-16(9)2)21(18,19)17(3)10-5-7-11(20-4)8-6-10/h5-8H,1-4H3,(H2,14,15). The van der Waals surface area contributed by atoms with Gasteiger partial charge in [0, 0.05) is 14.1 Å². The number of ether oxygens (including phenoxy) is 1. The fourth-order valence-corrected chi connectivity index (χ4v) is 3.48. The molecule has 8 heteroatoms. The lowest BCUT2D eigenvalue weighted by Crippen LogP contribution is -2.27. The monoisotopic (exact) mass is 310 g/mol. The van der Waals surface area contributed by atoms with Crippen LogP contribution in [0, 0.1) is 6.92 Å². The van der Waals surface area contributed by atoms with E-state index >= 15 is 0 Å². The summed E-state index contributed by atoms with van der Waals surface area (Å²) >= 11 is 0. The van der Waals surface area contributed by atoms with E-state index in [1.54, 1.807) is 45.3 Å². The number of hydrogen-bond acceptors (Lipinski definition) is 5. The molecule has 1 aromatic heterocycles. The van der Waals surface area contributed by atoms with Crippen LogP contribution in [0.2, 0.25) is 0 Å². The zero-order valence-corrected chi connectivity index (χ0v) is 13.2. The molecule has 21 heavy (non-hydrogen) atoms. The molecule has 2 aromatic rings. The number of methoxy groups -OCH3 is 1. The fourth-order valence-electron chi connectivity index (χ4n) is 2.00. The zero-order valence-electron chi connectivity index (χ0n) is 12.4. The zero-order chi connectivity index (χ0) is 15.8. The molecule has 1 aromatic carbocycles. The molecule has 1 heterocycles. The van der Waals surface area contributed by atoms with Gasteiger partial charge in [-0.2, -0.15) is 5.10 Å². The molecule has 0 aliphatic carbocycles. The molecule has 0 saturated carbocycles. The van der Waals surface area contributed by atoms with Crippen LogP contribution in [0.5, 0.6) is 5.75 Å². The molecule has 2 rings (SSSR count). The summed E-state index contributed by atoms with van der Waals surface area (Å²) in [6.07, 6.45) is 0. The topological polar surface area (TPSA) is 90.4 Å². The maximum atomic E-state index is 12.7. The van der Waals surface area contributed by atoms with Crippen molar-refractivity contribution in [3.05, 3.63) is 30.0 Å². The highest BCUT2D eigenvalue weighted by Crippen LogP contribution is 2.28. The molecule has 0 saturated heterocycles. The maximum Gasteiger partial charge on any atom is 0.269 e. The van der Waals surface area contributed by atoms with Gasteiger partial charge >= 0.3 is 0 Å². The normalized spacial score (nSPS) is 11.4. The van der Waals surface area contributed by atoms with Crippen molar-refractivity contribution in [3.8, 4) is 5.75 Å². The van der Waals surface area contributed by atoms with Crippen molar-refractivity contribution in [2.45, 2.75) is 11.8 Å². The Hall–Kier alpha value is -2.22. The highest BCUT2D eigenvalue weighted by atomic mass is 32.2. The molecule has 0 aliphatic heterocycles. The van der Waals surface area contributed by atoms with Crippen LogP contribution < -0.4 is 14.8 Å². The summed E-state index contributed by atoms with van der Waals surface area (Å²) in [7, 11) is 0.909. The van der Waals surface area contributed by atoms with Gasteiger partial charge < -0.3 is 10.5 Å². The van der Waals surface area contributed by atoms with Gasteiger partial charge in [-0.05, 0) is 31.2 Å². The van der Waals surface area contributed by atoms with Gasteiger partial charge in [0.25, 0.3) is 10.0 Å². The summed E-state index contributed by atoms with van der Waals surface area (Å²) < 4.78 is 33.1. The quantitative estimate of drug-likeness (QED) is 0.914. The average Bonchev–Trinajstić information content (AvgIpc) is 2.71. The minimum Gasteiger partial charge on any atom is -0.497 e. The minimum atomic E-state index is -3.77. The van der Waals surface area contributed by atoms with Gasteiger partial charge in [-0.25, -0.2) is 8.42 Å². The van der Waals surface area contributed by atoms with Crippen molar-refractivity contribution in [2.75, 3.05) is 24.2 Å². The van der Waals surface area contributed by atoms with E-state index in [1.807, 2.05) is 0 Å². The minimum absolute atomic E-state index is 0.00429. The summed E-state index contributed by atoms with van der Waals surface area (Å²) in [6, 6.07) is 6.72. The molecule has 0 fully saturated rings. The summed E-state index contributed by atoms with van der Waals surface area (Å²) in [5.74, 6) is 0.650. The van der Waals surface area contributed by atoms with Crippen molar-refractivity contribution < 1.29 is 13.2 Å². The Morgan fingerprint density at radius 3 is 2.29 bits per heavy atom. The number of nitrogens with two attached hydrogens (primary N) is 1. The Labute approximate surface area is 124 Å². The van der Waals surface area contributed by atoms with E-state index in [0.29, 0.717) is 17.1 Å². The van der Waals surface area contributed by atoms with Gasteiger partial charge in [0.15, 0.2) is 10.7 Å². The van der Waals surface area contributed by atoms with Crippen molar-refractivity contribution in [1.82, 2.24) is 9.78 Å². The molecule has 0 radical (unpaired) electrons. The first-order valence-electron chi connectivity index (χ1n) is 6.21. The van der Waals surface area contributed by atoms with E-state index < -0.39 is 10.0 Å². The molecule has 0 unspecified atom stereocenters. The van der Waals surface area contributed by atoms with Gasteiger partial charge in [0.05, 0.1) is 18.5 Å². The third-order valence-corrected chi connectivity index (χ3v) is 5.31. The number of nitrogen functional groups attached to an aromatic ring is 1. The van der Waals surface area contributed by atoms with E-state index in [0.717, 1.165) is 0 Å². The largest absolute Gasteiger partial charge is 0.497 e. The van der Waals surface area contributed by atoms with Gasteiger partial charge in [-0.15, -0.1) is 0 Å². The first-order chi connectivity index (χ1) is 9.78. The third kappa shape index (κ3) is 2.54. The van der Waals surface area contributed by atoms with Gasteiger partial charge in [-0.3, -0.25) is 8.99 Å². The van der Waals surface area contributed by atoms with E-state index in [9.17, 15) is 8.42 Å². The Balaban J connectivity index is 2.47. The molecular weight excluding hydrogens is 292 g/mol. The highest BCUT2D eigenvalue weighted by molar-refractivity contribution is 7.93. The number of anilines is 2. The smallest absolute Gasteiger partial charge is 0.269 e. The Morgan fingerprint density at radius 1 is 1.29 bits per heavy atom. The van der Waals surface area contributed by atoms with Gasteiger partial charge in [0.1, 0.15) is 5.75 Å². The number of aryl methyl sites for hydroxylation is 1. The van der Waals surface area contributed by atoms with Gasteiger partial charge in [0.2, 0.25) is 0 Å². The first kappa shape index (κ1) is 15.2. The second-order valence-corrected chi connectivity index (χ2v) is 6.50. The lowest BCUT2D eigenvalue weighted by molar-refractivity contribution is 0.415. The van der Waals surface area contributed by atoms with Gasteiger partial charge in [-0.1, -0.05) is 0 Å². The number of aromatic nitrogens is 2.